The molecule has 128 valence electrons. The van der Waals surface area contributed by atoms with Crippen molar-refractivity contribution in [2.45, 2.75) is 32.1 Å². The van der Waals surface area contributed by atoms with Crippen LogP contribution >= 0.6 is 11.3 Å². The number of hydrogen-bond acceptors (Lipinski definition) is 3. The van der Waals surface area contributed by atoms with Gasteiger partial charge in [-0.3, -0.25) is 4.99 Å². The molecule has 1 aromatic rings. The molecule has 0 bridgehead atoms. The molecule has 0 saturated carbocycles. The van der Waals surface area contributed by atoms with Crippen molar-refractivity contribution in [3.8, 4) is 0 Å². The van der Waals surface area contributed by atoms with E-state index in [-0.39, 0.29) is 0 Å². The average molecular weight is 335 g/mol. The quantitative estimate of drug-likeness (QED) is 0.663. The summed E-state index contributed by atoms with van der Waals surface area (Å²) in [4.78, 5) is 11.0. The van der Waals surface area contributed by atoms with E-state index in [1.54, 1.807) is 0 Å². The predicted molar refractivity (Wildman–Crippen MR) is 99.4 cm³/mol. The monoisotopic (exact) mass is 334 g/mol. The molecule has 1 N–H and O–H groups in total. The van der Waals surface area contributed by atoms with Crippen LogP contribution in [0.4, 0.5) is 0 Å². The van der Waals surface area contributed by atoms with Crippen LogP contribution in [0.15, 0.2) is 22.5 Å². The molecule has 5 heteroatoms. The summed E-state index contributed by atoms with van der Waals surface area (Å²) in [7, 11) is 1.91. The molecule has 2 saturated heterocycles. The molecule has 2 unspecified atom stereocenters. The molecule has 2 atom stereocenters. The molecule has 0 spiro atoms. The Kier molecular flexibility index (Phi) is 5.95. The number of hydrogen-bond donors (Lipinski definition) is 1. The van der Waals surface area contributed by atoms with Crippen molar-refractivity contribution < 1.29 is 0 Å². The molecular formula is C18H30N4S. The summed E-state index contributed by atoms with van der Waals surface area (Å²) in [6, 6.07) is 4.36. The molecule has 2 fully saturated rings. The first-order chi connectivity index (χ1) is 11.3. The van der Waals surface area contributed by atoms with Crippen LogP contribution in [0.2, 0.25) is 0 Å². The lowest BCUT2D eigenvalue weighted by Crippen LogP contribution is -2.42. The lowest BCUT2D eigenvalue weighted by atomic mass is 10.1. The van der Waals surface area contributed by atoms with Crippen molar-refractivity contribution in [2.75, 3.05) is 46.3 Å². The van der Waals surface area contributed by atoms with Gasteiger partial charge in [-0.2, -0.15) is 0 Å². The van der Waals surface area contributed by atoms with Gasteiger partial charge in [0, 0.05) is 44.0 Å². The summed E-state index contributed by atoms with van der Waals surface area (Å²) >= 11 is 1.84. The van der Waals surface area contributed by atoms with E-state index in [2.05, 4.69) is 44.5 Å². The molecule has 0 aromatic carbocycles. The minimum Gasteiger partial charge on any atom is -0.356 e. The van der Waals surface area contributed by atoms with E-state index in [0.29, 0.717) is 5.92 Å². The van der Waals surface area contributed by atoms with Crippen LogP contribution in [0.25, 0.3) is 0 Å². The van der Waals surface area contributed by atoms with Gasteiger partial charge in [0.05, 0.1) is 0 Å². The zero-order chi connectivity index (χ0) is 16.1. The van der Waals surface area contributed by atoms with Crippen LogP contribution in [0.3, 0.4) is 0 Å². The Bertz CT molecular complexity index is 493. The molecule has 3 heterocycles. The molecule has 0 radical (unpaired) electrons. The van der Waals surface area contributed by atoms with Crippen LogP contribution in [0.1, 0.15) is 37.0 Å². The Morgan fingerprint density at radius 1 is 1.39 bits per heavy atom. The third-order valence-electron chi connectivity index (χ3n) is 5.11. The highest BCUT2D eigenvalue weighted by Gasteiger charge is 2.27. The van der Waals surface area contributed by atoms with Gasteiger partial charge < -0.3 is 15.1 Å². The van der Waals surface area contributed by atoms with Gasteiger partial charge in [-0.05, 0) is 49.7 Å². The Morgan fingerprint density at radius 2 is 2.22 bits per heavy atom. The molecule has 2 aliphatic rings. The van der Waals surface area contributed by atoms with E-state index in [9.17, 15) is 0 Å². The van der Waals surface area contributed by atoms with Gasteiger partial charge in [0.2, 0.25) is 0 Å². The van der Waals surface area contributed by atoms with Gasteiger partial charge in [-0.25, -0.2) is 0 Å². The highest BCUT2D eigenvalue weighted by molar-refractivity contribution is 7.10. The maximum Gasteiger partial charge on any atom is 0.193 e. The van der Waals surface area contributed by atoms with Gasteiger partial charge in [0.15, 0.2) is 5.96 Å². The Morgan fingerprint density at radius 3 is 2.91 bits per heavy atom. The number of thiophene rings is 1. The normalized spacial score (nSPS) is 24.3. The van der Waals surface area contributed by atoms with Crippen molar-refractivity contribution >= 4 is 17.3 Å². The Labute approximate surface area is 144 Å². The molecule has 0 aliphatic carbocycles. The highest BCUT2D eigenvalue weighted by atomic mass is 32.1. The van der Waals surface area contributed by atoms with Crippen molar-refractivity contribution in [3.05, 3.63) is 22.4 Å². The van der Waals surface area contributed by atoms with E-state index in [4.69, 9.17) is 0 Å². The number of nitrogens with one attached hydrogen (secondary N) is 1. The third kappa shape index (κ3) is 4.48. The lowest BCUT2D eigenvalue weighted by molar-refractivity contribution is 0.281. The second-order valence-electron chi connectivity index (χ2n) is 6.95. The van der Waals surface area contributed by atoms with Crippen LogP contribution in [0, 0.1) is 5.92 Å². The SMILES string of the molecule is CN=C(NCC(C)c1cccs1)N1CCC(CN2CCCC2)C1. The summed E-state index contributed by atoms with van der Waals surface area (Å²) in [5, 5.41) is 5.74. The van der Waals surface area contributed by atoms with Crippen LogP contribution in [-0.2, 0) is 0 Å². The smallest absolute Gasteiger partial charge is 0.193 e. The van der Waals surface area contributed by atoms with E-state index in [1.165, 1.54) is 43.8 Å². The minimum atomic E-state index is 0.537. The van der Waals surface area contributed by atoms with E-state index in [1.807, 2.05) is 18.4 Å². The minimum absolute atomic E-state index is 0.537. The molecule has 3 rings (SSSR count). The van der Waals surface area contributed by atoms with E-state index in [0.717, 1.165) is 31.5 Å². The average Bonchev–Trinajstić information content (AvgIpc) is 3.31. The van der Waals surface area contributed by atoms with Crippen molar-refractivity contribution in [1.82, 2.24) is 15.1 Å². The summed E-state index contributed by atoms with van der Waals surface area (Å²) < 4.78 is 0. The van der Waals surface area contributed by atoms with Crippen molar-refractivity contribution in [1.29, 1.82) is 0 Å². The number of rotatable bonds is 5. The van der Waals surface area contributed by atoms with E-state index < -0.39 is 0 Å². The molecule has 23 heavy (non-hydrogen) atoms. The molecule has 2 aliphatic heterocycles. The van der Waals surface area contributed by atoms with Crippen LogP contribution in [0.5, 0.6) is 0 Å². The van der Waals surface area contributed by atoms with E-state index >= 15 is 0 Å². The number of likely N-dealkylation sites (tertiary alicyclic amines) is 2. The topological polar surface area (TPSA) is 30.9 Å². The van der Waals surface area contributed by atoms with Gasteiger partial charge >= 0.3 is 0 Å². The Hall–Kier alpha value is -1.07. The highest BCUT2D eigenvalue weighted by Crippen LogP contribution is 2.21. The van der Waals surface area contributed by atoms with Crippen molar-refractivity contribution in [2.24, 2.45) is 10.9 Å². The number of aliphatic imine (C=N–C) groups is 1. The summed E-state index contributed by atoms with van der Waals surface area (Å²) in [6.07, 6.45) is 4.08. The maximum absolute atomic E-state index is 4.51. The predicted octanol–water partition coefficient (Wildman–Crippen LogP) is 2.84. The fourth-order valence-electron chi connectivity index (χ4n) is 3.75. The van der Waals surface area contributed by atoms with Crippen LogP contribution in [-0.4, -0.2) is 62.1 Å². The first kappa shape index (κ1) is 16.8. The first-order valence-corrected chi connectivity index (χ1v) is 9.85. The second kappa shape index (κ2) is 8.15. The Balaban J connectivity index is 1.45. The zero-order valence-electron chi connectivity index (χ0n) is 14.5. The first-order valence-electron chi connectivity index (χ1n) is 8.97. The zero-order valence-corrected chi connectivity index (χ0v) is 15.3. The van der Waals surface area contributed by atoms with Crippen LogP contribution < -0.4 is 5.32 Å². The maximum atomic E-state index is 4.51. The summed E-state index contributed by atoms with van der Waals surface area (Å²) in [6.45, 7) is 9.44. The fourth-order valence-corrected chi connectivity index (χ4v) is 4.54. The van der Waals surface area contributed by atoms with Gasteiger partial charge in [0.1, 0.15) is 0 Å². The summed E-state index contributed by atoms with van der Waals surface area (Å²) in [5.41, 5.74) is 0. The number of guanidine groups is 1. The third-order valence-corrected chi connectivity index (χ3v) is 6.21. The lowest BCUT2D eigenvalue weighted by Gasteiger charge is -2.24. The van der Waals surface area contributed by atoms with Gasteiger partial charge in [-0.15, -0.1) is 11.3 Å². The second-order valence-corrected chi connectivity index (χ2v) is 7.93. The molecule has 0 amide bonds. The van der Waals surface area contributed by atoms with Gasteiger partial charge in [0.25, 0.3) is 0 Å². The molecule has 4 nitrogen and oxygen atoms in total. The largest absolute Gasteiger partial charge is 0.356 e. The molecular weight excluding hydrogens is 304 g/mol. The molecule has 1 aromatic heterocycles. The summed E-state index contributed by atoms with van der Waals surface area (Å²) in [5.74, 6) is 2.42. The van der Waals surface area contributed by atoms with Crippen molar-refractivity contribution in [3.63, 3.8) is 0 Å². The van der Waals surface area contributed by atoms with Gasteiger partial charge in [-0.1, -0.05) is 13.0 Å². The number of nitrogens with zero attached hydrogens (tertiary/aromatic N) is 3. The standard InChI is InChI=1S/C18H30N4S/c1-15(17-6-5-11-23-17)12-20-18(19-2)22-10-7-16(14-22)13-21-8-3-4-9-21/h5-6,11,15-16H,3-4,7-10,12-14H2,1-2H3,(H,19,20). The fraction of sp³-hybridized carbons (Fsp3) is 0.722.